The molecule has 0 aliphatic carbocycles. The molecule has 1 atom stereocenters. The normalized spacial score (nSPS) is 13.0. The van der Waals surface area contributed by atoms with Gasteiger partial charge >= 0.3 is 0 Å². The zero-order chi connectivity index (χ0) is 13.7. The standard InChI is InChI=1S/C15H23N3O/c1-11(16)4-3-8-17-9-7-13-5-6-14-15(10-13)19-12(2)18-14/h5-6,10-11,17H,3-4,7-9,16H2,1-2H3. The smallest absolute Gasteiger partial charge is 0.192 e. The van der Waals surface area contributed by atoms with Crippen LogP contribution >= 0.6 is 0 Å². The van der Waals surface area contributed by atoms with Gasteiger partial charge in [0, 0.05) is 13.0 Å². The fourth-order valence-electron chi connectivity index (χ4n) is 2.15. The lowest BCUT2D eigenvalue weighted by atomic mass is 10.1. The van der Waals surface area contributed by atoms with Crippen molar-refractivity contribution in [1.29, 1.82) is 0 Å². The predicted molar refractivity (Wildman–Crippen MR) is 78.2 cm³/mol. The molecule has 0 saturated carbocycles. The lowest BCUT2D eigenvalue weighted by Gasteiger charge is -2.06. The zero-order valence-corrected chi connectivity index (χ0v) is 11.8. The fraction of sp³-hybridized carbons (Fsp3) is 0.533. The zero-order valence-electron chi connectivity index (χ0n) is 11.8. The number of nitrogens with zero attached hydrogens (tertiary/aromatic N) is 1. The van der Waals surface area contributed by atoms with Crippen LogP contribution in [-0.4, -0.2) is 24.1 Å². The van der Waals surface area contributed by atoms with E-state index in [0.717, 1.165) is 49.3 Å². The minimum Gasteiger partial charge on any atom is -0.441 e. The maximum absolute atomic E-state index is 5.71. The first-order valence-corrected chi connectivity index (χ1v) is 6.97. The summed E-state index contributed by atoms with van der Waals surface area (Å²) < 4.78 is 5.53. The molecule has 19 heavy (non-hydrogen) atoms. The van der Waals surface area contributed by atoms with Crippen LogP contribution in [0.2, 0.25) is 0 Å². The summed E-state index contributed by atoms with van der Waals surface area (Å²) in [4.78, 5) is 4.30. The van der Waals surface area contributed by atoms with E-state index >= 15 is 0 Å². The maximum Gasteiger partial charge on any atom is 0.192 e. The second kappa shape index (κ2) is 6.68. The van der Waals surface area contributed by atoms with Crippen LogP contribution in [0.25, 0.3) is 11.1 Å². The van der Waals surface area contributed by atoms with Crippen molar-refractivity contribution in [3.63, 3.8) is 0 Å². The Hall–Kier alpha value is -1.39. The van der Waals surface area contributed by atoms with Crippen molar-refractivity contribution >= 4 is 11.1 Å². The van der Waals surface area contributed by atoms with Gasteiger partial charge in [-0.1, -0.05) is 6.07 Å². The van der Waals surface area contributed by atoms with Gasteiger partial charge in [0.2, 0.25) is 0 Å². The minimum atomic E-state index is 0.305. The Kier molecular flexibility index (Phi) is 4.93. The van der Waals surface area contributed by atoms with Gasteiger partial charge in [-0.25, -0.2) is 4.98 Å². The molecule has 0 bridgehead atoms. The van der Waals surface area contributed by atoms with Crippen molar-refractivity contribution in [2.45, 2.75) is 39.2 Å². The van der Waals surface area contributed by atoms with E-state index in [9.17, 15) is 0 Å². The second-order valence-corrected chi connectivity index (χ2v) is 5.15. The average Bonchev–Trinajstić information content (AvgIpc) is 2.72. The molecular formula is C15H23N3O. The number of oxazole rings is 1. The third kappa shape index (κ3) is 4.33. The number of hydrogen-bond acceptors (Lipinski definition) is 4. The van der Waals surface area contributed by atoms with E-state index in [1.807, 2.05) is 13.0 Å². The number of rotatable bonds is 7. The Morgan fingerprint density at radius 2 is 2.21 bits per heavy atom. The second-order valence-electron chi connectivity index (χ2n) is 5.15. The molecule has 4 heteroatoms. The predicted octanol–water partition coefficient (Wildman–Crippen LogP) is 2.40. The number of aryl methyl sites for hydroxylation is 1. The summed E-state index contributed by atoms with van der Waals surface area (Å²) in [6, 6.07) is 6.53. The molecule has 0 amide bonds. The van der Waals surface area contributed by atoms with Gasteiger partial charge in [-0.05, 0) is 57.0 Å². The van der Waals surface area contributed by atoms with Crippen molar-refractivity contribution in [2.75, 3.05) is 13.1 Å². The molecule has 2 aromatic rings. The summed E-state index contributed by atoms with van der Waals surface area (Å²) in [6.07, 6.45) is 3.22. The van der Waals surface area contributed by atoms with Crippen LogP contribution in [-0.2, 0) is 6.42 Å². The lowest BCUT2D eigenvalue weighted by molar-refractivity contribution is 0.560. The Labute approximate surface area is 114 Å². The lowest BCUT2D eigenvalue weighted by Crippen LogP contribution is -2.21. The first kappa shape index (κ1) is 14.0. The van der Waals surface area contributed by atoms with Crippen molar-refractivity contribution < 1.29 is 4.42 Å². The number of benzene rings is 1. The van der Waals surface area contributed by atoms with Gasteiger partial charge in [-0.15, -0.1) is 0 Å². The third-order valence-electron chi connectivity index (χ3n) is 3.16. The molecule has 1 aromatic heterocycles. The highest BCUT2D eigenvalue weighted by Crippen LogP contribution is 2.16. The topological polar surface area (TPSA) is 64.1 Å². The maximum atomic E-state index is 5.71. The van der Waals surface area contributed by atoms with Crippen LogP contribution in [0.3, 0.4) is 0 Å². The van der Waals surface area contributed by atoms with E-state index in [0.29, 0.717) is 6.04 Å². The number of nitrogens with one attached hydrogen (secondary N) is 1. The third-order valence-corrected chi connectivity index (χ3v) is 3.16. The molecule has 1 unspecified atom stereocenters. The largest absolute Gasteiger partial charge is 0.441 e. The number of fused-ring (bicyclic) bond motifs is 1. The molecule has 0 spiro atoms. The van der Waals surface area contributed by atoms with Gasteiger partial charge in [0.25, 0.3) is 0 Å². The Morgan fingerprint density at radius 3 is 3.00 bits per heavy atom. The number of nitrogens with two attached hydrogens (primary N) is 1. The Bertz CT molecular complexity index is 519. The van der Waals surface area contributed by atoms with Crippen LogP contribution < -0.4 is 11.1 Å². The van der Waals surface area contributed by atoms with Gasteiger partial charge in [0.1, 0.15) is 5.52 Å². The Balaban J connectivity index is 1.75. The number of aromatic nitrogens is 1. The van der Waals surface area contributed by atoms with Crippen LogP contribution in [0, 0.1) is 6.92 Å². The molecule has 2 rings (SSSR count). The molecule has 104 valence electrons. The fourth-order valence-corrected chi connectivity index (χ4v) is 2.15. The van der Waals surface area contributed by atoms with E-state index in [-0.39, 0.29) is 0 Å². The molecule has 4 nitrogen and oxygen atoms in total. The van der Waals surface area contributed by atoms with Gasteiger partial charge in [0.05, 0.1) is 0 Å². The monoisotopic (exact) mass is 261 g/mol. The summed E-state index contributed by atoms with van der Waals surface area (Å²) >= 11 is 0. The summed E-state index contributed by atoms with van der Waals surface area (Å²) in [5.41, 5.74) is 8.81. The molecule has 3 N–H and O–H groups in total. The van der Waals surface area contributed by atoms with E-state index in [1.165, 1.54) is 5.56 Å². The van der Waals surface area contributed by atoms with Crippen LogP contribution in [0.15, 0.2) is 22.6 Å². The first-order valence-electron chi connectivity index (χ1n) is 6.97. The summed E-state index contributed by atoms with van der Waals surface area (Å²) in [6.45, 7) is 5.94. The minimum absolute atomic E-state index is 0.305. The van der Waals surface area contributed by atoms with Gasteiger partial charge < -0.3 is 15.5 Å². The summed E-state index contributed by atoms with van der Waals surface area (Å²) in [5.74, 6) is 0.723. The number of hydrogen-bond donors (Lipinski definition) is 2. The quantitative estimate of drug-likeness (QED) is 0.751. The van der Waals surface area contributed by atoms with Gasteiger partial charge in [-0.2, -0.15) is 0 Å². The van der Waals surface area contributed by atoms with E-state index in [2.05, 4.69) is 29.4 Å². The Morgan fingerprint density at radius 1 is 1.37 bits per heavy atom. The highest BCUT2D eigenvalue weighted by Gasteiger charge is 2.03. The van der Waals surface area contributed by atoms with Crippen LogP contribution in [0.5, 0.6) is 0 Å². The van der Waals surface area contributed by atoms with E-state index in [4.69, 9.17) is 10.2 Å². The molecular weight excluding hydrogens is 238 g/mol. The van der Waals surface area contributed by atoms with Crippen LogP contribution in [0.4, 0.5) is 0 Å². The van der Waals surface area contributed by atoms with Gasteiger partial charge in [-0.3, -0.25) is 0 Å². The highest BCUT2D eigenvalue weighted by molar-refractivity contribution is 5.73. The van der Waals surface area contributed by atoms with E-state index < -0.39 is 0 Å². The van der Waals surface area contributed by atoms with Crippen molar-refractivity contribution in [1.82, 2.24) is 10.3 Å². The molecule has 1 heterocycles. The summed E-state index contributed by atoms with van der Waals surface area (Å²) in [5, 5.41) is 3.44. The molecule has 0 fully saturated rings. The highest BCUT2D eigenvalue weighted by atomic mass is 16.3. The molecule has 0 radical (unpaired) electrons. The SMILES string of the molecule is Cc1nc2ccc(CCNCCCC(C)N)cc2o1. The molecule has 1 aromatic carbocycles. The summed E-state index contributed by atoms with van der Waals surface area (Å²) in [7, 11) is 0. The van der Waals surface area contributed by atoms with Crippen LogP contribution in [0.1, 0.15) is 31.2 Å². The average molecular weight is 261 g/mol. The van der Waals surface area contributed by atoms with Crippen molar-refractivity contribution in [3.05, 3.63) is 29.7 Å². The molecule has 0 aliphatic heterocycles. The first-order chi connectivity index (χ1) is 9.15. The van der Waals surface area contributed by atoms with Crippen molar-refractivity contribution in [2.24, 2.45) is 5.73 Å². The molecule has 0 aliphatic rings. The van der Waals surface area contributed by atoms with Gasteiger partial charge in [0.15, 0.2) is 11.5 Å². The van der Waals surface area contributed by atoms with Crippen molar-refractivity contribution in [3.8, 4) is 0 Å². The van der Waals surface area contributed by atoms with E-state index in [1.54, 1.807) is 0 Å². The molecule has 0 saturated heterocycles.